The van der Waals surface area contributed by atoms with Crippen LogP contribution < -0.4 is 14.9 Å². The van der Waals surface area contributed by atoms with E-state index in [1.807, 2.05) is 6.07 Å². The molecule has 5 rings (SSSR count). The summed E-state index contributed by atoms with van der Waals surface area (Å²) in [4.78, 5) is 11.7. The molecule has 0 amide bonds. The van der Waals surface area contributed by atoms with Gasteiger partial charge in [-0.25, -0.2) is 18.1 Å². The molecule has 1 saturated heterocycles. The summed E-state index contributed by atoms with van der Waals surface area (Å²) < 4.78 is 27.8. The van der Waals surface area contributed by atoms with Crippen LogP contribution in [0.5, 0.6) is 0 Å². The minimum Gasteiger partial charge on any atom is -0.371 e. The molecule has 33 heavy (non-hydrogen) atoms. The first kappa shape index (κ1) is 22.2. The lowest BCUT2D eigenvalue weighted by atomic mass is 9.92. The molecule has 0 radical (unpaired) electrons. The molecule has 8 nitrogen and oxygen atoms in total. The Balaban J connectivity index is 1.32. The second kappa shape index (κ2) is 9.30. The van der Waals surface area contributed by atoms with Crippen molar-refractivity contribution in [3.05, 3.63) is 42.7 Å². The molecule has 0 unspecified atom stereocenters. The van der Waals surface area contributed by atoms with E-state index in [9.17, 15) is 8.42 Å². The largest absolute Gasteiger partial charge is 0.371 e. The van der Waals surface area contributed by atoms with Gasteiger partial charge in [0.2, 0.25) is 16.0 Å². The molecule has 0 bridgehead atoms. The zero-order chi connectivity index (χ0) is 22.8. The first-order valence-corrected chi connectivity index (χ1v) is 13.8. The molecule has 3 aromatic rings. The highest BCUT2D eigenvalue weighted by Crippen LogP contribution is 2.31. The molecule has 176 valence electrons. The van der Waals surface area contributed by atoms with E-state index in [0.717, 1.165) is 50.1 Å². The first-order chi connectivity index (χ1) is 16.0. The van der Waals surface area contributed by atoms with Gasteiger partial charge in [-0.05, 0) is 69.2 Å². The van der Waals surface area contributed by atoms with Crippen molar-refractivity contribution < 1.29 is 8.42 Å². The van der Waals surface area contributed by atoms with Crippen molar-refractivity contribution in [1.82, 2.24) is 19.3 Å². The Hall–Kier alpha value is -2.65. The third-order valence-corrected chi connectivity index (χ3v) is 7.50. The number of anilines is 2. The summed E-state index contributed by atoms with van der Waals surface area (Å²) in [5, 5.41) is 4.71. The monoisotopic (exact) mass is 468 g/mol. The number of rotatable bonds is 6. The van der Waals surface area contributed by atoms with E-state index in [1.54, 1.807) is 6.20 Å². The van der Waals surface area contributed by atoms with E-state index in [2.05, 4.69) is 55.0 Å². The Kier molecular flexibility index (Phi) is 6.25. The van der Waals surface area contributed by atoms with Crippen molar-refractivity contribution in [2.24, 2.45) is 0 Å². The summed E-state index contributed by atoms with van der Waals surface area (Å²) in [6, 6.07) is 10.9. The minimum absolute atomic E-state index is 0.0191. The van der Waals surface area contributed by atoms with Crippen LogP contribution in [-0.2, 0) is 10.0 Å². The zero-order valence-corrected chi connectivity index (χ0v) is 19.9. The van der Waals surface area contributed by atoms with Crippen LogP contribution in [0.15, 0.2) is 42.7 Å². The molecule has 0 atom stereocenters. The van der Waals surface area contributed by atoms with E-state index in [-0.39, 0.29) is 12.1 Å². The lowest BCUT2D eigenvalue weighted by Crippen LogP contribution is -2.39. The normalized spacial score (nSPS) is 21.9. The summed E-state index contributed by atoms with van der Waals surface area (Å²) in [6.07, 6.45) is 12.3. The standard InChI is InChI=1S/C24H32N6O2S/c1-33(31,32)28-19-10-8-18(9-11-19)26-24-25-14-12-23(27-24)30-17-13-20-21(6-5-7-22(20)30)29-15-3-2-4-16-29/h5-7,12-14,17-19,28H,2-4,8-11,15-16H2,1H3,(H,25,26,27). The number of nitrogens with zero attached hydrogens (tertiary/aromatic N) is 4. The van der Waals surface area contributed by atoms with Crippen LogP contribution in [0.1, 0.15) is 44.9 Å². The Bertz CT molecular complexity index is 1210. The number of fused-ring (bicyclic) bond motifs is 1. The number of hydrogen-bond acceptors (Lipinski definition) is 6. The number of piperidine rings is 1. The fourth-order valence-electron chi connectivity index (χ4n) is 5.16. The summed E-state index contributed by atoms with van der Waals surface area (Å²) in [7, 11) is -3.16. The van der Waals surface area contributed by atoms with Crippen LogP contribution >= 0.6 is 0 Å². The van der Waals surface area contributed by atoms with Gasteiger partial charge < -0.3 is 14.8 Å². The van der Waals surface area contributed by atoms with E-state index in [1.165, 1.54) is 36.6 Å². The predicted octanol–water partition coefficient (Wildman–Crippen LogP) is 3.68. The van der Waals surface area contributed by atoms with Gasteiger partial charge in [-0.2, -0.15) is 4.98 Å². The Morgan fingerprint density at radius 2 is 1.73 bits per heavy atom. The Labute approximate surface area is 195 Å². The third-order valence-electron chi connectivity index (χ3n) is 6.74. The van der Waals surface area contributed by atoms with Gasteiger partial charge in [-0.15, -0.1) is 0 Å². The number of sulfonamides is 1. The first-order valence-electron chi connectivity index (χ1n) is 11.9. The minimum atomic E-state index is -3.16. The maximum atomic E-state index is 11.5. The van der Waals surface area contributed by atoms with Crippen LogP contribution in [0.3, 0.4) is 0 Å². The van der Waals surface area contributed by atoms with E-state index in [0.29, 0.717) is 5.95 Å². The predicted molar refractivity (Wildman–Crippen MR) is 133 cm³/mol. The van der Waals surface area contributed by atoms with Gasteiger partial charge in [-0.3, -0.25) is 0 Å². The molecule has 1 aromatic carbocycles. The molecule has 1 aliphatic heterocycles. The molecular weight excluding hydrogens is 436 g/mol. The lowest BCUT2D eigenvalue weighted by molar-refractivity contribution is 0.387. The number of hydrogen-bond donors (Lipinski definition) is 2. The average Bonchev–Trinajstić information content (AvgIpc) is 3.25. The van der Waals surface area contributed by atoms with Crippen molar-refractivity contribution in [2.45, 2.75) is 57.0 Å². The van der Waals surface area contributed by atoms with E-state index in [4.69, 9.17) is 4.98 Å². The van der Waals surface area contributed by atoms with Crippen molar-refractivity contribution in [3.63, 3.8) is 0 Å². The fourth-order valence-corrected chi connectivity index (χ4v) is 6.00. The van der Waals surface area contributed by atoms with Crippen molar-refractivity contribution in [1.29, 1.82) is 0 Å². The maximum Gasteiger partial charge on any atom is 0.224 e. The zero-order valence-electron chi connectivity index (χ0n) is 19.1. The van der Waals surface area contributed by atoms with Gasteiger partial charge in [0.15, 0.2) is 0 Å². The fraction of sp³-hybridized carbons (Fsp3) is 0.500. The van der Waals surface area contributed by atoms with Gasteiger partial charge in [-0.1, -0.05) is 6.07 Å². The van der Waals surface area contributed by atoms with Crippen LogP contribution in [0.4, 0.5) is 11.6 Å². The van der Waals surface area contributed by atoms with Gasteiger partial charge in [0, 0.05) is 48.6 Å². The highest BCUT2D eigenvalue weighted by Gasteiger charge is 2.24. The molecule has 9 heteroatoms. The van der Waals surface area contributed by atoms with E-state index < -0.39 is 10.0 Å². The van der Waals surface area contributed by atoms with Gasteiger partial charge in [0.05, 0.1) is 11.8 Å². The summed E-state index contributed by atoms with van der Waals surface area (Å²) in [5.74, 6) is 1.45. The molecule has 2 aromatic heterocycles. The summed E-state index contributed by atoms with van der Waals surface area (Å²) in [5.41, 5.74) is 2.45. The van der Waals surface area contributed by atoms with Crippen molar-refractivity contribution in [2.75, 3.05) is 29.6 Å². The third kappa shape index (κ3) is 5.14. The van der Waals surface area contributed by atoms with Gasteiger partial charge in [0.1, 0.15) is 5.82 Å². The Morgan fingerprint density at radius 3 is 2.48 bits per heavy atom. The maximum absolute atomic E-state index is 11.5. The molecule has 0 spiro atoms. The highest BCUT2D eigenvalue weighted by atomic mass is 32.2. The highest BCUT2D eigenvalue weighted by molar-refractivity contribution is 7.88. The van der Waals surface area contributed by atoms with Crippen LogP contribution in [0.2, 0.25) is 0 Å². The average molecular weight is 469 g/mol. The van der Waals surface area contributed by atoms with Crippen LogP contribution in [0, 0.1) is 0 Å². The molecule has 2 N–H and O–H groups in total. The van der Waals surface area contributed by atoms with Crippen molar-refractivity contribution in [3.8, 4) is 5.82 Å². The second-order valence-electron chi connectivity index (χ2n) is 9.26. The molecule has 2 fully saturated rings. The molecular formula is C24H32N6O2S. The molecule has 3 heterocycles. The topological polar surface area (TPSA) is 92.2 Å². The van der Waals surface area contributed by atoms with Crippen LogP contribution in [0.25, 0.3) is 16.7 Å². The molecule has 2 aliphatic rings. The number of aromatic nitrogens is 3. The molecule has 1 saturated carbocycles. The van der Waals surface area contributed by atoms with Gasteiger partial charge >= 0.3 is 0 Å². The summed E-state index contributed by atoms with van der Waals surface area (Å²) in [6.45, 7) is 2.24. The number of nitrogens with one attached hydrogen (secondary N) is 2. The van der Waals surface area contributed by atoms with Crippen LogP contribution in [-0.4, -0.2) is 54.4 Å². The van der Waals surface area contributed by atoms with Gasteiger partial charge in [0.25, 0.3) is 0 Å². The SMILES string of the molecule is CS(=O)(=O)NC1CCC(Nc2nccc(-n3ccc4c(N5CCCCC5)cccc43)n2)CC1. The number of benzene rings is 1. The molecule has 1 aliphatic carbocycles. The second-order valence-corrected chi connectivity index (χ2v) is 11.0. The van der Waals surface area contributed by atoms with Crippen molar-refractivity contribution >= 4 is 32.6 Å². The smallest absolute Gasteiger partial charge is 0.224 e. The Morgan fingerprint density at radius 1 is 0.970 bits per heavy atom. The lowest BCUT2D eigenvalue weighted by Gasteiger charge is -2.29. The quantitative estimate of drug-likeness (QED) is 0.573. The summed E-state index contributed by atoms with van der Waals surface area (Å²) >= 11 is 0. The van der Waals surface area contributed by atoms with E-state index >= 15 is 0 Å².